The van der Waals surface area contributed by atoms with E-state index in [-0.39, 0.29) is 18.8 Å². The molecule has 4 aliphatic heterocycles. The predicted molar refractivity (Wildman–Crippen MR) is 215 cm³/mol. The van der Waals surface area contributed by atoms with Crippen molar-refractivity contribution in [3.63, 3.8) is 0 Å². The van der Waals surface area contributed by atoms with Gasteiger partial charge in [0.1, 0.15) is 91.2 Å². The lowest BCUT2D eigenvalue weighted by atomic mass is 9.84. The number of hydroxylamine groups is 2. The zero-order valence-electron chi connectivity index (χ0n) is 36.0. The number of amides is 1. The van der Waals surface area contributed by atoms with Gasteiger partial charge in [0, 0.05) is 39.2 Å². The molecule has 0 bridgehead atoms. The van der Waals surface area contributed by atoms with E-state index in [1.807, 2.05) is 0 Å². The van der Waals surface area contributed by atoms with Gasteiger partial charge in [0.15, 0.2) is 18.8 Å². The molecule has 4 fully saturated rings. The number of hydrogen-bond acceptors (Lipinski definition) is 25. The van der Waals surface area contributed by atoms with Crippen molar-refractivity contribution >= 4 is 30.3 Å². The second-order valence-electron chi connectivity index (χ2n) is 16.5. The lowest BCUT2D eigenvalue weighted by Gasteiger charge is -2.52. The Kier molecular flexibility index (Phi) is 21.5. The summed E-state index contributed by atoms with van der Waals surface area (Å²) < 4.78 is 41.2. The Hall–Kier alpha value is -1.88. The molecule has 7 unspecified atom stereocenters. The third kappa shape index (κ3) is 13.3. The van der Waals surface area contributed by atoms with Crippen LogP contribution in [0.2, 0.25) is 0 Å². The minimum atomic E-state index is -3.08. The van der Waals surface area contributed by atoms with Crippen LogP contribution in [-0.2, 0) is 52.4 Å². The Morgan fingerprint density at radius 3 is 1.98 bits per heavy atom. The molecule has 0 aromatic carbocycles. The summed E-state index contributed by atoms with van der Waals surface area (Å²) >= 11 is 4.09. The number of ketones is 1. The van der Waals surface area contributed by atoms with Crippen LogP contribution in [-0.4, -0.2) is 257 Å². The summed E-state index contributed by atoms with van der Waals surface area (Å²) in [5.41, 5.74) is 0. The summed E-state index contributed by atoms with van der Waals surface area (Å²) in [5.74, 6) is -6.40. The fourth-order valence-corrected chi connectivity index (χ4v) is 8.24. The number of Topliss-reactive ketones (excluding diaryl/α,β-unsaturated/α-hetero) is 1. The van der Waals surface area contributed by atoms with Crippen LogP contribution in [0.4, 0.5) is 0 Å². The van der Waals surface area contributed by atoms with Crippen molar-refractivity contribution in [3.8, 4) is 0 Å². The van der Waals surface area contributed by atoms with Crippen LogP contribution in [0.3, 0.4) is 0 Å². The Bertz CT molecular complexity index is 1510. The Labute approximate surface area is 378 Å². The number of aliphatic hydroxyl groups is 12. The number of hydrogen-bond donors (Lipinski definition) is 15. The number of likely N-dealkylation sites (N-methyl/N-ethyl adjacent to an activating group) is 1. The quantitative estimate of drug-likeness (QED) is 0.0257. The van der Waals surface area contributed by atoms with Gasteiger partial charge in [0.05, 0.1) is 45.2 Å². The molecule has 0 saturated carbocycles. The molecular weight excluding hydrogens is 900 g/mol. The number of nitrogens with zero attached hydrogens (tertiary/aromatic N) is 1. The summed E-state index contributed by atoms with van der Waals surface area (Å²) in [5, 5.41) is 143. The van der Waals surface area contributed by atoms with E-state index >= 15 is 0 Å². The molecule has 4 heterocycles. The molecule has 14 N–H and O–H groups in total. The van der Waals surface area contributed by atoms with E-state index in [4.69, 9.17) is 38.0 Å². The summed E-state index contributed by atoms with van der Waals surface area (Å²) in [6.07, 6.45) is -33.1. The molecular formula is C38H66N2O24S. The Morgan fingerprint density at radius 1 is 0.800 bits per heavy atom. The highest BCUT2D eigenvalue weighted by Crippen LogP contribution is 2.41. The van der Waals surface area contributed by atoms with E-state index in [2.05, 4.69) is 17.9 Å². The Balaban J connectivity index is 1.69. The van der Waals surface area contributed by atoms with Crippen molar-refractivity contribution in [3.05, 3.63) is 0 Å². The molecule has 4 aliphatic rings. The van der Waals surface area contributed by atoms with Gasteiger partial charge in [-0.25, -0.2) is 4.79 Å². The number of carboxylic acids is 1. The fourth-order valence-electron chi connectivity index (χ4n) is 8.08. The fraction of sp³-hybridized carbons (Fsp3) is 0.921. The summed E-state index contributed by atoms with van der Waals surface area (Å²) in [7, 11) is 1.35. The Morgan fingerprint density at radius 2 is 1.40 bits per heavy atom. The maximum atomic E-state index is 13.2. The smallest absolute Gasteiger partial charge is 0.364 e. The van der Waals surface area contributed by atoms with Crippen molar-refractivity contribution in [2.45, 2.75) is 168 Å². The number of carbonyl (C=O) groups is 3. The minimum Gasteiger partial charge on any atom is -0.477 e. The average molecular weight is 967 g/mol. The lowest BCUT2D eigenvalue weighted by Crippen LogP contribution is -2.70. The van der Waals surface area contributed by atoms with E-state index in [0.717, 1.165) is 12.0 Å². The first-order valence-electron chi connectivity index (χ1n) is 21.2. The zero-order chi connectivity index (χ0) is 48.5. The number of rotatable bonds is 23. The first-order chi connectivity index (χ1) is 30.7. The number of thiol groups is 1. The van der Waals surface area contributed by atoms with E-state index in [1.54, 1.807) is 0 Å². The van der Waals surface area contributed by atoms with Crippen LogP contribution in [0.1, 0.15) is 46.0 Å². The normalized spacial score (nSPS) is 41.2. The van der Waals surface area contributed by atoms with Crippen molar-refractivity contribution in [1.29, 1.82) is 0 Å². The maximum absolute atomic E-state index is 13.2. The highest BCUT2D eigenvalue weighted by molar-refractivity contribution is 7.80. The molecule has 21 atom stereocenters. The second kappa shape index (κ2) is 25.1. The van der Waals surface area contributed by atoms with Gasteiger partial charge in [0.25, 0.3) is 5.79 Å². The summed E-state index contributed by atoms with van der Waals surface area (Å²) in [6, 6.07) is -1.65. The third-order valence-corrected chi connectivity index (χ3v) is 12.1. The van der Waals surface area contributed by atoms with Crippen LogP contribution in [0, 0.1) is 5.92 Å². The highest BCUT2D eigenvalue weighted by Gasteiger charge is 2.61. The highest BCUT2D eigenvalue weighted by atomic mass is 32.1. The molecule has 0 aromatic rings. The molecule has 27 heteroatoms. The van der Waals surface area contributed by atoms with Crippen molar-refractivity contribution in [2.75, 3.05) is 45.8 Å². The number of nitrogens with one attached hydrogen (secondary N) is 1. The second-order valence-corrected chi connectivity index (χ2v) is 17.0. The van der Waals surface area contributed by atoms with E-state index in [9.17, 15) is 80.8 Å². The van der Waals surface area contributed by atoms with Crippen LogP contribution in [0.25, 0.3) is 0 Å². The van der Waals surface area contributed by atoms with Crippen LogP contribution >= 0.6 is 12.6 Å². The van der Waals surface area contributed by atoms with E-state index < -0.39 is 173 Å². The monoisotopic (exact) mass is 966 g/mol. The minimum absolute atomic E-state index is 0.000895. The third-order valence-electron chi connectivity index (χ3n) is 11.8. The van der Waals surface area contributed by atoms with Gasteiger partial charge in [-0.15, -0.1) is 0 Å². The van der Waals surface area contributed by atoms with Crippen LogP contribution < -0.4 is 5.32 Å². The van der Waals surface area contributed by atoms with Gasteiger partial charge < -0.3 is 105 Å². The van der Waals surface area contributed by atoms with Gasteiger partial charge in [0.2, 0.25) is 5.91 Å². The molecule has 0 radical (unpaired) electrons. The molecule has 378 valence electrons. The molecule has 4 rings (SSSR count). The predicted octanol–water partition coefficient (Wildman–Crippen LogP) is -7.19. The SMILES string of the molecule is CC(=O)NC1[C@H](O[C@H]2C(CO)O[C@@H](O[C@@H]3C(CO)O[C@@H](N(C)OCCCC(=O)CCCS)C(O)[C@H]3O)C(O)[C@H]2O[C@]2(C(=O)O)CC(O)[C@@H](C)[C@H]([C@H](O)[C@H](O)CO)O2)OC(CO)[C@H](O)[C@@H]1O. The molecule has 0 aliphatic carbocycles. The van der Waals surface area contributed by atoms with Crippen molar-refractivity contribution in [1.82, 2.24) is 10.4 Å². The van der Waals surface area contributed by atoms with Crippen molar-refractivity contribution < 1.29 is 119 Å². The first kappa shape index (κ1) is 55.7. The van der Waals surface area contributed by atoms with E-state index in [0.29, 0.717) is 25.0 Å². The number of carboxylic acid groups (broad SMARTS) is 1. The van der Waals surface area contributed by atoms with Gasteiger partial charge in [-0.2, -0.15) is 17.7 Å². The van der Waals surface area contributed by atoms with Gasteiger partial charge in [-0.3, -0.25) is 14.4 Å². The molecule has 0 aromatic heterocycles. The number of aliphatic hydroxyl groups excluding tert-OH is 12. The van der Waals surface area contributed by atoms with Gasteiger partial charge in [-0.05, 0) is 18.6 Å². The summed E-state index contributed by atoms with van der Waals surface area (Å²) in [6.45, 7) is -1.53. The summed E-state index contributed by atoms with van der Waals surface area (Å²) in [4.78, 5) is 43.1. The van der Waals surface area contributed by atoms with Crippen LogP contribution in [0.15, 0.2) is 0 Å². The average Bonchev–Trinajstić information content (AvgIpc) is 3.27. The van der Waals surface area contributed by atoms with Gasteiger partial charge >= 0.3 is 5.97 Å². The standard InChI is InChI=1S/C38H66N2O24S/c1-15-18(47)10-38(37(55)56,63-30(15)24(49)19(48)11-41)64-33-29(54)36(60-22(14-44)32(33)62-35-23(39-16(2)45)26(51)25(50)20(12-42)59-35)61-31-21(13-43)58-34(28(53)27(31)52)40(3)57-8-4-6-17(46)7-5-9-65/h15,18-36,41-44,47-54,65H,4-14H2,1-3H3,(H,39,45)(H,55,56)/t15-,18?,19-,20?,21?,22?,23?,24-,25+,26-,27-,28?,29?,30-,31-,32+,33-,34-,35+,36+,38+/m1/s1. The first-order valence-corrected chi connectivity index (χ1v) is 21.8. The number of aliphatic carboxylic acids is 1. The molecule has 0 spiro atoms. The largest absolute Gasteiger partial charge is 0.477 e. The van der Waals surface area contributed by atoms with E-state index in [1.165, 1.54) is 14.0 Å². The van der Waals surface area contributed by atoms with Crippen molar-refractivity contribution in [2.24, 2.45) is 5.92 Å². The lowest BCUT2D eigenvalue weighted by molar-refractivity contribution is -0.403. The molecule has 65 heavy (non-hydrogen) atoms. The maximum Gasteiger partial charge on any atom is 0.364 e. The topological polar surface area (TPSA) is 403 Å². The molecule has 26 nitrogen and oxygen atoms in total. The number of ether oxygens (including phenoxy) is 7. The molecule has 1 amide bonds. The zero-order valence-corrected chi connectivity index (χ0v) is 36.9. The van der Waals surface area contributed by atoms with Crippen LogP contribution in [0.5, 0.6) is 0 Å². The van der Waals surface area contributed by atoms with Gasteiger partial charge in [-0.1, -0.05) is 6.92 Å². The molecule has 4 saturated heterocycles. The number of carbonyl (C=O) groups excluding carboxylic acids is 2.